The van der Waals surface area contributed by atoms with Gasteiger partial charge in [0, 0.05) is 0 Å². The van der Waals surface area contributed by atoms with E-state index in [1.54, 1.807) is 0 Å². The van der Waals surface area contributed by atoms with Crippen molar-refractivity contribution in [2.45, 2.75) is 0 Å². The lowest BCUT2D eigenvalue weighted by molar-refractivity contribution is 0.272. The highest BCUT2D eigenvalue weighted by atomic mass is 32.1. The molecule has 1 rings (SSSR count). The van der Waals surface area contributed by atoms with Gasteiger partial charge in [-0.2, -0.15) is 0 Å². The number of nitrogens with two attached hydrogens (primary N) is 1. The SMILES string of the molecule is NC(=S)c1c(F)cccc1OCCF. The van der Waals surface area contributed by atoms with Crippen molar-refractivity contribution in [3.63, 3.8) is 0 Å². The van der Waals surface area contributed by atoms with Gasteiger partial charge in [-0.15, -0.1) is 0 Å². The van der Waals surface area contributed by atoms with E-state index in [9.17, 15) is 8.78 Å². The van der Waals surface area contributed by atoms with Gasteiger partial charge in [0.15, 0.2) is 0 Å². The maximum atomic E-state index is 13.2. The molecule has 0 radical (unpaired) electrons. The molecule has 0 aromatic heterocycles. The minimum absolute atomic E-state index is 0.0240. The van der Waals surface area contributed by atoms with Crippen LogP contribution in [-0.2, 0) is 0 Å². The maximum absolute atomic E-state index is 13.2. The Balaban J connectivity index is 3.02. The average Bonchev–Trinajstić information content (AvgIpc) is 2.14. The van der Waals surface area contributed by atoms with Gasteiger partial charge in [0.25, 0.3) is 0 Å². The van der Waals surface area contributed by atoms with Gasteiger partial charge in [0.05, 0.1) is 5.56 Å². The topological polar surface area (TPSA) is 35.2 Å². The van der Waals surface area contributed by atoms with Crippen molar-refractivity contribution in [3.05, 3.63) is 29.6 Å². The molecule has 0 aliphatic carbocycles. The van der Waals surface area contributed by atoms with E-state index in [1.807, 2.05) is 0 Å². The van der Waals surface area contributed by atoms with Crippen molar-refractivity contribution in [2.75, 3.05) is 13.3 Å². The Morgan fingerprint density at radius 3 is 2.79 bits per heavy atom. The van der Waals surface area contributed by atoms with Crippen LogP contribution in [0.15, 0.2) is 18.2 Å². The van der Waals surface area contributed by atoms with Gasteiger partial charge in [-0.05, 0) is 12.1 Å². The standard InChI is InChI=1S/C9H9F2NOS/c10-4-5-13-7-3-1-2-6(11)8(7)9(12)14/h1-3H,4-5H2,(H2,12,14). The van der Waals surface area contributed by atoms with E-state index in [4.69, 9.17) is 10.5 Å². The van der Waals surface area contributed by atoms with Gasteiger partial charge < -0.3 is 10.5 Å². The number of benzene rings is 1. The predicted molar refractivity (Wildman–Crippen MR) is 53.8 cm³/mol. The Bertz CT molecular complexity index is 344. The normalized spacial score (nSPS) is 9.86. The molecule has 76 valence electrons. The van der Waals surface area contributed by atoms with E-state index >= 15 is 0 Å². The number of rotatable bonds is 4. The van der Waals surface area contributed by atoms with Gasteiger partial charge in [0.2, 0.25) is 0 Å². The highest BCUT2D eigenvalue weighted by molar-refractivity contribution is 7.80. The third-order valence-electron chi connectivity index (χ3n) is 1.56. The van der Waals surface area contributed by atoms with Crippen molar-refractivity contribution in [3.8, 4) is 5.75 Å². The Hall–Kier alpha value is -1.23. The Morgan fingerprint density at radius 1 is 1.50 bits per heavy atom. The molecule has 0 saturated carbocycles. The Labute approximate surface area is 85.7 Å². The molecule has 1 aromatic rings. The quantitative estimate of drug-likeness (QED) is 0.781. The number of hydrogen-bond donors (Lipinski definition) is 1. The van der Waals surface area contributed by atoms with Crippen molar-refractivity contribution >= 4 is 17.2 Å². The summed E-state index contributed by atoms with van der Waals surface area (Å²) in [7, 11) is 0. The number of hydrogen-bond acceptors (Lipinski definition) is 2. The summed E-state index contributed by atoms with van der Waals surface area (Å²) in [4.78, 5) is -0.100. The Morgan fingerprint density at radius 2 is 2.21 bits per heavy atom. The lowest BCUT2D eigenvalue weighted by Gasteiger charge is -2.09. The van der Waals surface area contributed by atoms with Crippen LogP contribution in [0.4, 0.5) is 8.78 Å². The first-order chi connectivity index (χ1) is 6.66. The zero-order chi connectivity index (χ0) is 10.6. The molecule has 1 aromatic carbocycles. The van der Waals surface area contributed by atoms with Crippen molar-refractivity contribution in [1.29, 1.82) is 0 Å². The van der Waals surface area contributed by atoms with Gasteiger partial charge >= 0.3 is 0 Å². The minimum Gasteiger partial charge on any atom is -0.490 e. The van der Waals surface area contributed by atoms with Crippen LogP contribution in [0.3, 0.4) is 0 Å². The lowest BCUT2D eigenvalue weighted by atomic mass is 10.2. The second-order valence-corrected chi connectivity index (χ2v) is 2.95. The summed E-state index contributed by atoms with van der Waals surface area (Å²) in [6, 6.07) is 4.16. The summed E-state index contributed by atoms with van der Waals surface area (Å²) in [6.07, 6.45) is 0. The van der Waals surface area contributed by atoms with E-state index in [2.05, 4.69) is 12.2 Å². The maximum Gasteiger partial charge on any atom is 0.137 e. The third-order valence-corrected chi connectivity index (χ3v) is 1.76. The molecule has 2 nitrogen and oxygen atoms in total. The summed E-state index contributed by atoms with van der Waals surface area (Å²) in [5.41, 5.74) is 5.33. The first-order valence-electron chi connectivity index (χ1n) is 3.94. The van der Waals surface area contributed by atoms with Crippen LogP contribution in [0.2, 0.25) is 0 Å². The van der Waals surface area contributed by atoms with Gasteiger partial charge in [-0.25, -0.2) is 8.78 Å². The van der Waals surface area contributed by atoms with E-state index in [0.717, 1.165) is 0 Å². The first-order valence-corrected chi connectivity index (χ1v) is 4.34. The molecule has 0 aliphatic heterocycles. The molecule has 0 amide bonds. The molecule has 0 unspecified atom stereocenters. The van der Waals surface area contributed by atoms with E-state index < -0.39 is 12.5 Å². The minimum atomic E-state index is -0.646. The number of halogens is 2. The summed E-state index contributed by atoms with van der Waals surface area (Å²) in [6.45, 7) is -0.785. The van der Waals surface area contributed by atoms with Gasteiger partial charge in [0.1, 0.15) is 29.8 Å². The van der Waals surface area contributed by atoms with Crippen molar-refractivity contribution in [1.82, 2.24) is 0 Å². The highest BCUT2D eigenvalue weighted by Crippen LogP contribution is 2.21. The lowest BCUT2D eigenvalue weighted by Crippen LogP contribution is -2.14. The summed E-state index contributed by atoms with van der Waals surface area (Å²) < 4.78 is 30.0. The van der Waals surface area contributed by atoms with Crippen LogP contribution in [-0.4, -0.2) is 18.3 Å². The van der Waals surface area contributed by atoms with E-state index in [0.29, 0.717) is 0 Å². The first kappa shape index (κ1) is 10.8. The monoisotopic (exact) mass is 217 g/mol. The second kappa shape index (κ2) is 4.85. The second-order valence-electron chi connectivity index (χ2n) is 2.51. The van der Waals surface area contributed by atoms with Crippen molar-refractivity contribution in [2.24, 2.45) is 5.73 Å². The molecule has 0 atom stereocenters. The van der Waals surface area contributed by atoms with Gasteiger partial charge in [-0.3, -0.25) is 0 Å². The zero-order valence-electron chi connectivity index (χ0n) is 7.30. The molecule has 2 N–H and O–H groups in total. The molecule has 0 bridgehead atoms. The average molecular weight is 217 g/mol. The highest BCUT2D eigenvalue weighted by Gasteiger charge is 2.11. The van der Waals surface area contributed by atoms with E-state index in [-0.39, 0.29) is 22.9 Å². The molecular formula is C9H9F2NOS. The third kappa shape index (κ3) is 2.38. The molecule has 5 heteroatoms. The van der Waals surface area contributed by atoms with Crippen LogP contribution in [0.5, 0.6) is 5.75 Å². The molecule has 0 fully saturated rings. The molecule has 0 aliphatic rings. The molecule has 0 saturated heterocycles. The largest absolute Gasteiger partial charge is 0.490 e. The fourth-order valence-corrected chi connectivity index (χ4v) is 1.21. The number of ether oxygens (including phenoxy) is 1. The molecule has 0 heterocycles. The molecule has 14 heavy (non-hydrogen) atoms. The smallest absolute Gasteiger partial charge is 0.137 e. The van der Waals surface area contributed by atoms with Crippen LogP contribution in [0, 0.1) is 5.82 Å². The van der Waals surface area contributed by atoms with Crippen LogP contribution < -0.4 is 10.5 Å². The van der Waals surface area contributed by atoms with Crippen LogP contribution >= 0.6 is 12.2 Å². The van der Waals surface area contributed by atoms with Crippen LogP contribution in [0.25, 0.3) is 0 Å². The zero-order valence-corrected chi connectivity index (χ0v) is 8.11. The molecular weight excluding hydrogens is 208 g/mol. The fraction of sp³-hybridized carbons (Fsp3) is 0.222. The number of thiocarbonyl (C=S) groups is 1. The summed E-state index contributed by atoms with van der Waals surface area (Å²) >= 11 is 4.65. The summed E-state index contributed by atoms with van der Waals surface area (Å²) in [5, 5.41) is 0. The number of alkyl halides is 1. The van der Waals surface area contributed by atoms with Crippen molar-refractivity contribution < 1.29 is 13.5 Å². The fourth-order valence-electron chi connectivity index (χ4n) is 1.01. The Kier molecular flexibility index (Phi) is 3.76. The predicted octanol–water partition coefficient (Wildman–Crippen LogP) is 1.81. The van der Waals surface area contributed by atoms with Crippen LogP contribution in [0.1, 0.15) is 5.56 Å². The van der Waals surface area contributed by atoms with E-state index in [1.165, 1.54) is 18.2 Å². The summed E-state index contributed by atoms with van der Waals surface area (Å²) in [5.74, 6) is -0.385. The molecule has 0 spiro atoms. The van der Waals surface area contributed by atoms with Gasteiger partial charge in [-0.1, -0.05) is 18.3 Å².